The van der Waals surface area contributed by atoms with Gasteiger partial charge in [0.1, 0.15) is 0 Å². The molecule has 4 heteroatoms. The summed E-state index contributed by atoms with van der Waals surface area (Å²) in [6.45, 7) is 4.76. The van der Waals surface area contributed by atoms with Gasteiger partial charge in [0.25, 0.3) is 0 Å². The number of aromatic nitrogens is 1. The summed E-state index contributed by atoms with van der Waals surface area (Å²) < 4.78 is 5.66. The Labute approximate surface area is 112 Å². The smallest absolute Gasteiger partial charge is 0.0769 e. The van der Waals surface area contributed by atoms with Crippen LogP contribution in [0.1, 0.15) is 6.92 Å². The molecule has 2 aromatic rings. The topological polar surface area (TPSA) is 46.2 Å². The molecule has 2 atom stereocenters. The van der Waals surface area contributed by atoms with E-state index < -0.39 is 0 Å². The second-order valence-corrected chi connectivity index (χ2v) is 5.78. The number of ether oxygens (including phenoxy) is 1. The predicted octanol–water partition coefficient (Wildman–Crippen LogP) is 2.48. The largest absolute Gasteiger partial charge is 0.381 e. The van der Waals surface area contributed by atoms with Crippen molar-refractivity contribution in [1.82, 2.24) is 4.98 Å². The molecule has 2 aliphatic rings. The number of rotatable bonds is 0. The molecule has 1 aromatic carbocycles. The molecule has 0 bridgehead atoms. The molecule has 1 aromatic heterocycles. The zero-order chi connectivity index (χ0) is 12.9. The Morgan fingerprint density at radius 3 is 3.21 bits per heavy atom. The molecule has 4 rings (SSSR count). The van der Waals surface area contributed by atoms with Gasteiger partial charge in [-0.15, -0.1) is 0 Å². The van der Waals surface area contributed by atoms with Gasteiger partial charge in [-0.3, -0.25) is 4.98 Å². The normalized spacial score (nSPS) is 29.0. The monoisotopic (exact) mass is 255 g/mol. The van der Waals surface area contributed by atoms with E-state index in [0.717, 1.165) is 36.6 Å². The van der Waals surface area contributed by atoms with Crippen LogP contribution in [0.25, 0.3) is 10.9 Å². The van der Waals surface area contributed by atoms with E-state index in [0.29, 0.717) is 6.04 Å². The van der Waals surface area contributed by atoms with Gasteiger partial charge < -0.3 is 15.4 Å². The van der Waals surface area contributed by atoms with Gasteiger partial charge in [-0.25, -0.2) is 0 Å². The second kappa shape index (κ2) is 3.84. The van der Waals surface area contributed by atoms with Gasteiger partial charge in [0, 0.05) is 17.3 Å². The van der Waals surface area contributed by atoms with Gasteiger partial charge in [-0.2, -0.15) is 0 Å². The summed E-state index contributed by atoms with van der Waals surface area (Å²) in [7, 11) is 0. The van der Waals surface area contributed by atoms with E-state index in [9.17, 15) is 0 Å². The SMILES string of the molecule is CC12CNc3cnc4ccccc4c3NC1COC2. The first-order valence-corrected chi connectivity index (χ1v) is 6.72. The molecule has 4 nitrogen and oxygen atoms in total. The van der Waals surface area contributed by atoms with Gasteiger partial charge in [0.2, 0.25) is 0 Å². The Hall–Kier alpha value is -1.81. The van der Waals surface area contributed by atoms with Crippen LogP contribution in [0.4, 0.5) is 11.4 Å². The van der Waals surface area contributed by atoms with Crippen LogP contribution in [0.3, 0.4) is 0 Å². The predicted molar refractivity (Wildman–Crippen MR) is 76.6 cm³/mol. The summed E-state index contributed by atoms with van der Waals surface area (Å²) in [4.78, 5) is 4.52. The summed E-state index contributed by atoms with van der Waals surface area (Å²) in [6.07, 6.45) is 1.93. The van der Waals surface area contributed by atoms with E-state index in [1.807, 2.05) is 18.3 Å². The van der Waals surface area contributed by atoms with E-state index in [-0.39, 0.29) is 5.41 Å². The summed E-state index contributed by atoms with van der Waals surface area (Å²) in [5.41, 5.74) is 3.41. The average Bonchev–Trinajstić information content (AvgIpc) is 2.73. The van der Waals surface area contributed by atoms with Crippen LogP contribution in [-0.2, 0) is 4.74 Å². The zero-order valence-corrected chi connectivity index (χ0v) is 10.9. The van der Waals surface area contributed by atoms with Crippen molar-refractivity contribution >= 4 is 22.3 Å². The number of hydrogen-bond acceptors (Lipinski definition) is 4. The van der Waals surface area contributed by atoms with Crippen molar-refractivity contribution in [3.8, 4) is 0 Å². The molecule has 2 N–H and O–H groups in total. The number of benzene rings is 1. The van der Waals surface area contributed by atoms with Crippen molar-refractivity contribution in [3.05, 3.63) is 30.5 Å². The Morgan fingerprint density at radius 2 is 2.26 bits per heavy atom. The van der Waals surface area contributed by atoms with Gasteiger partial charge in [-0.1, -0.05) is 25.1 Å². The molecule has 3 heterocycles. The van der Waals surface area contributed by atoms with E-state index in [4.69, 9.17) is 4.74 Å². The Balaban J connectivity index is 1.88. The van der Waals surface area contributed by atoms with Crippen LogP contribution in [0.2, 0.25) is 0 Å². The first-order valence-electron chi connectivity index (χ1n) is 6.72. The molecule has 0 saturated carbocycles. The number of fused-ring (bicyclic) bond motifs is 4. The summed E-state index contributed by atoms with van der Waals surface area (Å²) in [5, 5.41) is 8.37. The van der Waals surface area contributed by atoms with Crippen molar-refractivity contribution in [3.63, 3.8) is 0 Å². The van der Waals surface area contributed by atoms with E-state index in [1.165, 1.54) is 5.39 Å². The maximum Gasteiger partial charge on any atom is 0.0769 e. The number of pyridine rings is 1. The molecule has 2 aliphatic heterocycles. The third kappa shape index (κ3) is 1.60. The van der Waals surface area contributed by atoms with E-state index in [1.54, 1.807) is 0 Å². The van der Waals surface area contributed by atoms with Crippen LogP contribution in [-0.4, -0.2) is 30.8 Å². The van der Waals surface area contributed by atoms with Crippen LogP contribution >= 0.6 is 0 Å². The third-order valence-corrected chi connectivity index (χ3v) is 4.33. The van der Waals surface area contributed by atoms with Crippen LogP contribution in [0, 0.1) is 5.41 Å². The highest BCUT2D eigenvalue weighted by Gasteiger charge is 2.42. The third-order valence-electron chi connectivity index (χ3n) is 4.33. The molecule has 0 aliphatic carbocycles. The minimum atomic E-state index is 0.139. The summed E-state index contributed by atoms with van der Waals surface area (Å²) >= 11 is 0. The van der Waals surface area contributed by atoms with E-state index in [2.05, 4.69) is 34.7 Å². The molecular formula is C15H17N3O. The molecule has 0 amide bonds. The summed E-state index contributed by atoms with van der Waals surface area (Å²) in [5.74, 6) is 0. The lowest BCUT2D eigenvalue weighted by Crippen LogP contribution is -2.40. The molecule has 2 unspecified atom stereocenters. The lowest BCUT2D eigenvalue weighted by molar-refractivity contribution is 0.164. The first kappa shape index (κ1) is 11.1. The number of hydrogen-bond donors (Lipinski definition) is 2. The van der Waals surface area contributed by atoms with Crippen LogP contribution in [0.15, 0.2) is 30.5 Å². The van der Waals surface area contributed by atoms with Gasteiger partial charge in [-0.05, 0) is 6.07 Å². The molecule has 19 heavy (non-hydrogen) atoms. The van der Waals surface area contributed by atoms with Crippen molar-refractivity contribution in [2.75, 3.05) is 30.4 Å². The van der Waals surface area contributed by atoms with Crippen molar-refractivity contribution < 1.29 is 4.74 Å². The fourth-order valence-corrected chi connectivity index (χ4v) is 3.00. The van der Waals surface area contributed by atoms with Crippen molar-refractivity contribution in [2.45, 2.75) is 13.0 Å². The van der Waals surface area contributed by atoms with Crippen LogP contribution in [0.5, 0.6) is 0 Å². The Kier molecular flexibility index (Phi) is 2.23. The highest BCUT2D eigenvalue weighted by Crippen LogP contribution is 2.39. The quantitative estimate of drug-likeness (QED) is 0.759. The highest BCUT2D eigenvalue weighted by atomic mass is 16.5. The Bertz CT molecular complexity index is 642. The minimum absolute atomic E-state index is 0.139. The number of nitrogens with one attached hydrogen (secondary N) is 2. The molecule has 1 saturated heterocycles. The fourth-order valence-electron chi connectivity index (χ4n) is 3.00. The van der Waals surface area contributed by atoms with Gasteiger partial charge in [0.05, 0.1) is 42.3 Å². The maximum absolute atomic E-state index is 5.66. The second-order valence-electron chi connectivity index (χ2n) is 5.78. The Morgan fingerprint density at radius 1 is 1.37 bits per heavy atom. The average molecular weight is 255 g/mol. The first-order chi connectivity index (χ1) is 9.26. The van der Waals surface area contributed by atoms with Crippen molar-refractivity contribution in [2.24, 2.45) is 5.41 Å². The van der Waals surface area contributed by atoms with Crippen molar-refractivity contribution in [1.29, 1.82) is 0 Å². The molecule has 0 spiro atoms. The highest BCUT2D eigenvalue weighted by molar-refractivity contribution is 5.98. The van der Waals surface area contributed by atoms with Gasteiger partial charge in [0.15, 0.2) is 0 Å². The van der Waals surface area contributed by atoms with Crippen LogP contribution < -0.4 is 10.6 Å². The molecule has 98 valence electrons. The zero-order valence-electron chi connectivity index (χ0n) is 10.9. The number of anilines is 2. The van der Waals surface area contributed by atoms with Gasteiger partial charge >= 0.3 is 0 Å². The molecule has 1 fully saturated rings. The standard InChI is InChI=1S/C15H17N3O/c1-15-8-17-12-6-16-11-5-3-2-4-10(11)14(12)18-13(15)7-19-9-15/h2-6,13,17-18H,7-9H2,1H3. The number of para-hydroxylation sites is 1. The lowest BCUT2D eigenvalue weighted by atomic mass is 9.85. The maximum atomic E-state index is 5.66. The van der Waals surface area contributed by atoms with E-state index >= 15 is 0 Å². The summed E-state index contributed by atoms with van der Waals surface area (Å²) in [6, 6.07) is 8.60. The minimum Gasteiger partial charge on any atom is -0.381 e. The lowest BCUT2D eigenvalue weighted by Gasteiger charge is -2.27. The number of nitrogens with zero attached hydrogens (tertiary/aromatic N) is 1. The molecule has 0 radical (unpaired) electrons. The molecular weight excluding hydrogens is 238 g/mol. The fraction of sp³-hybridized carbons (Fsp3) is 0.400.